The lowest BCUT2D eigenvalue weighted by Gasteiger charge is -2.34. The zero-order valence-corrected chi connectivity index (χ0v) is 29.0. The topological polar surface area (TPSA) is 23.7 Å². The molecule has 1 saturated carbocycles. The van der Waals surface area contributed by atoms with Crippen LogP contribution in [0.1, 0.15) is 24.0 Å². The van der Waals surface area contributed by atoms with Crippen molar-refractivity contribution in [1.29, 1.82) is 0 Å². The highest BCUT2D eigenvalue weighted by atomic mass is 15.1. The van der Waals surface area contributed by atoms with Gasteiger partial charge < -0.3 is 9.80 Å². The molecule has 1 spiro atoms. The van der Waals surface area contributed by atoms with Gasteiger partial charge in [-0.3, -0.25) is 4.98 Å². The Morgan fingerprint density at radius 2 is 1.17 bits per heavy atom. The molecule has 0 bridgehead atoms. The van der Waals surface area contributed by atoms with Gasteiger partial charge in [-0.25, -0.2) is 4.85 Å². The number of nitrogens with zero attached hydrogens (tertiary/aromatic N) is 4. The van der Waals surface area contributed by atoms with Crippen molar-refractivity contribution < 1.29 is 0 Å². The maximum absolute atomic E-state index is 7.48. The van der Waals surface area contributed by atoms with Gasteiger partial charge in [0.05, 0.1) is 12.3 Å². The largest absolute Gasteiger partial charge is 0.311 e. The molecule has 1 heterocycles. The third kappa shape index (κ3) is 5.09. The van der Waals surface area contributed by atoms with Crippen molar-refractivity contribution in [3.05, 3.63) is 205 Å². The predicted octanol–water partition coefficient (Wildman–Crippen LogP) is 13.5. The number of pyridine rings is 1. The number of anilines is 6. The van der Waals surface area contributed by atoms with Gasteiger partial charge >= 0.3 is 0 Å². The molecule has 2 aliphatic rings. The number of benzene rings is 7. The van der Waals surface area contributed by atoms with E-state index in [1.165, 1.54) is 38.7 Å². The molecule has 0 atom stereocenters. The van der Waals surface area contributed by atoms with Gasteiger partial charge in [0.15, 0.2) is 5.69 Å². The zero-order chi connectivity index (χ0) is 35.4. The molecule has 1 fully saturated rings. The van der Waals surface area contributed by atoms with Gasteiger partial charge in [0.25, 0.3) is 0 Å². The molecular weight excluding hydrogens is 645 g/mol. The Morgan fingerprint density at radius 1 is 0.509 bits per heavy atom. The van der Waals surface area contributed by atoms with Gasteiger partial charge in [0.2, 0.25) is 0 Å². The number of hydrogen-bond acceptors (Lipinski definition) is 3. The van der Waals surface area contributed by atoms with E-state index in [4.69, 9.17) is 6.57 Å². The normalized spacial score (nSPS) is 13.3. The summed E-state index contributed by atoms with van der Waals surface area (Å²) in [5.74, 6) is 0. The van der Waals surface area contributed by atoms with Crippen molar-refractivity contribution >= 4 is 50.6 Å². The zero-order valence-electron chi connectivity index (χ0n) is 29.0. The highest BCUT2D eigenvalue weighted by molar-refractivity contribution is 6.10. The molecule has 0 unspecified atom stereocenters. The van der Waals surface area contributed by atoms with Crippen molar-refractivity contribution in [2.75, 3.05) is 9.80 Å². The number of fused-ring (bicyclic) bond motifs is 4. The van der Waals surface area contributed by atoms with Crippen LogP contribution in [0, 0.1) is 6.57 Å². The third-order valence-electron chi connectivity index (χ3n) is 11.0. The Kier molecular flexibility index (Phi) is 7.19. The molecule has 53 heavy (non-hydrogen) atoms. The van der Waals surface area contributed by atoms with E-state index in [9.17, 15) is 0 Å². The molecule has 0 amide bonds. The summed E-state index contributed by atoms with van der Waals surface area (Å²) in [6, 6.07) is 60.6. The fourth-order valence-electron chi connectivity index (χ4n) is 8.36. The minimum absolute atomic E-state index is 0.0320. The van der Waals surface area contributed by atoms with E-state index in [0.29, 0.717) is 5.69 Å². The van der Waals surface area contributed by atoms with Crippen molar-refractivity contribution in [2.45, 2.75) is 18.3 Å². The van der Waals surface area contributed by atoms with Crippen molar-refractivity contribution in [2.24, 2.45) is 0 Å². The van der Waals surface area contributed by atoms with E-state index >= 15 is 0 Å². The van der Waals surface area contributed by atoms with Gasteiger partial charge in [-0.15, -0.1) is 0 Å². The van der Waals surface area contributed by atoms with Crippen LogP contribution in [0.5, 0.6) is 0 Å². The molecule has 0 aliphatic heterocycles. The molecule has 10 rings (SSSR count). The molecule has 7 aromatic carbocycles. The average molecular weight is 679 g/mol. The summed E-state index contributed by atoms with van der Waals surface area (Å²) in [5.41, 5.74) is 14.9. The van der Waals surface area contributed by atoms with Crippen LogP contribution < -0.4 is 9.80 Å². The predicted molar refractivity (Wildman–Crippen MR) is 218 cm³/mol. The maximum atomic E-state index is 7.48. The second-order valence-corrected chi connectivity index (χ2v) is 13.9. The molecule has 1 aromatic heterocycles. The Hall–Kier alpha value is -6.96. The lowest BCUT2D eigenvalue weighted by Crippen LogP contribution is -2.18. The maximum Gasteiger partial charge on any atom is 0.187 e. The van der Waals surface area contributed by atoms with Crippen LogP contribution in [0.3, 0.4) is 0 Å². The van der Waals surface area contributed by atoms with E-state index in [1.54, 1.807) is 0 Å². The van der Waals surface area contributed by atoms with Gasteiger partial charge in [-0.1, -0.05) is 97.1 Å². The Morgan fingerprint density at radius 3 is 1.85 bits per heavy atom. The van der Waals surface area contributed by atoms with Gasteiger partial charge in [0, 0.05) is 51.6 Å². The fourth-order valence-corrected chi connectivity index (χ4v) is 8.36. The van der Waals surface area contributed by atoms with Gasteiger partial charge in [-0.05, 0) is 124 Å². The Labute approximate surface area is 309 Å². The van der Waals surface area contributed by atoms with E-state index in [2.05, 4.69) is 171 Å². The fraction of sp³-hybridized carbons (Fsp3) is 0.0612. The smallest absolute Gasteiger partial charge is 0.187 e. The minimum atomic E-state index is -0.0320. The van der Waals surface area contributed by atoms with E-state index in [-0.39, 0.29) is 5.41 Å². The average Bonchev–Trinajstić information content (AvgIpc) is 4.04. The molecule has 250 valence electrons. The quantitative estimate of drug-likeness (QED) is 0.157. The highest BCUT2D eigenvalue weighted by Gasteiger charge is 2.50. The Balaban J connectivity index is 1.13. The molecule has 0 saturated heterocycles. The van der Waals surface area contributed by atoms with Crippen molar-refractivity contribution in [3.8, 4) is 22.3 Å². The molecule has 0 radical (unpaired) electrons. The first-order valence-corrected chi connectivity index (χ1v) is 18.1. The van der Waals surface area contributed by atoms with Gasteiger partial charge in [0.1, 0.15) is 0 Å². The summed E-state index contributed by atoms with van der Waals surface area (Å²) in [7, 11) is 0. The summed E-state index contributed by atoms with van der Waals surface area (Å²) < 4.78 is 0. The third-order valence-corrected chi connectivity index (χ3v) is 11.0. The first kappa shape index (κ1) is 30.8. The lowest BCUT2D eigenvalue weighted by atomic mass is 9.74. The summed E-state index contributed by atoms with van der Waals surface area (Å²) in [4.78, 5) is 12.7. The second-order valence-electron chi connectivity index (χ2n) is 13.9. The van der Waals surface area contributed by atoms with Crippen LogP contribution >= 0.6 is 0 Å². The van der Waals surface area contributed by atoms with E-state index in [1.807, 2.05) is 30.6 Å². The number of hydrogen-bond donors (Lipinski definition) is 0. The lowest BCUT2D eigenvalue weighted by molar-refractivity contribution is 0.853. The summed E-state index contributed by atoms with van der Waals surface area (Å²) in [6.45, 7) is 7.48. The molecular formula is C49H34N4. The van der Waals surface area contributed by atoms with Crippen LogP contribution in [-0.4, -0.2) is 4.98 Å². The molecule has 2 aliphatic carbocycles. The second kappa shape index (κ2) is 12.4. The van der Waals surface area contributed by atoms with E-state index < -0.39 is 0 Å². The molecule has 0 N–H and O–H groups in total. The highest BCUT2D eigenvalue weighted by Crippen LogP contribution is 2.63. The van der Waals surface area contributed by atoms with E-state index in [0.717, 1.165) is 52.4 Å². The SMILES string of the molecule is [C-]#[N+]c1ccc(N(c2ccccc2)c2ccc3c(c2)C2(CC2)c2ccc(N(c4ccccc4)c4ccc(-c5cccnc5)cc4)c4cccc-3c24)cc1. The van der Waals surface area contributed by atoms with Crippen LogP contribution in [0.2, 0.25) is 0 Å². The summed E-state index contributed by atoms with van der Waals surface area (Å²) >= 11 is 0. The minimum Gasteiger partial charge on any atom is -0.311 e. The molecule has 8 aromatic rings. The monoisotopic (exact) mass is 678 g/mol. The standard InChI is InChI=1S/C49H34N4/c1-50-36-19-23-39(24-20-36)52(37-11-4-2-5-12-37)41-25-26-42-43-15-8-16-44-47(28-27-45(48(43)44)49(29-30-49)46(42)32-41)53(38-13-6-3-7-14-38)40-21-17-34(18-22-40)35-10-9-31-51-33-35/h2-28,31-33H,29-30H2. The van der Waals surface area contributed by atoms with Crippen LogP contribution in [0.4, 0.5) is 39.8 Å². The number of aromatic nitrogens is 1. The summed E-state index contributed by atoms with van der Waals surface area (Å²) in [5, 5.41) is 2.61. The Bertz CT molecular complexity index is 2660. The molecule has 4 nitrogen and oxygen atoms in total. The summed E-state index contributed by atoms with van der Waals surface area (Å²) in [6.07, 6.45) is 5.97. The van der Waals surface area contributed by atoms with Crippen molar-refractivity contribution in [1.82, 2.24) is 4.98 Å². The molecule has 4 heteroatoms. The number of rotatable bonds is 7. The van der Waals surface area contributed by atoms with Crippen LogP contribution in [-0.2, 0) is 5.41 Å². The van der Waals surface area contributed by atoms with Crippen LogP contribution in [0.25, 0.3) is 37.9 Å². The van der Waals surface area contributed by atoms with Crippen molar-refractivity contribution in [3.63, 3.8) is 0 Å². The first-order valence-electron chi connectivity index (χ1n) is 18.1. The van der Waals surface area contributed by atoms with Crippen LogP contribution in [0.15, 0.2) is 182 Å². The first-order chi connectivity index (χ1) is 26.2. The number of para-hydroxylation sites is 2. The van der Waals surface area contributed by atoms with Gasteiger partial charge in [-0.2, -0.15) is 0 Å².